The van der Waals surface area contributed by atoms with Gasteiger partial charge >= 0.3 is 11.9 Å². The number of nitrogens with one attached hydrogen (secondary N) is 1. The Morgan fingerprint density at radius 3 is 2.67 bits per heavy atom. The van der Waals surface area contributed by atoms with Crippen molar-refractivity contribution in [2.24, 2.45) is 0 Å². The second kappa shape index (κ2) is 5.84. The fourth-order valence-corrected chi connectivity index (χ4v) is 2.18. The molecule has 0 fully saturated rings. The third-order valence-electron chi connectivity index (χ3n) is 3.26. The van der Waals surface area contributed by atoms with Crippen LogP contribution in [-0.2, 0) is 17.5 Å². The molecule has 2 heterocycles. The molecule has 1 amide bonds. The molecule has 0 aliphatic heterocycles. The van der Waals surface area contributed by atoms with Crippen LogP contribution in [0.25, 0.3) is 5.65 Å². The summed E-state index contributed by atoms with van der Waals surface area (Å²) in [4.78, 5) is 24.0. The van der Waals surface area contributed by atoms with E-state index in [1.165, 1.54) is 22.7 Å². The van der Waals surface area contributed by atoms with E-state index in [0.29, 0.717) is 5.65 Å². The molecule has 6 nitrogen and oxygen atoms in total. The van der Waals surface area contributed by atoms with E-state index in [4.69, 9.17) is 0 Å². The normalized spacial score (nSPS) is 11.6. The lowest BCUT2D eigenvalue weighted by molar-refractivity contribution is -0.137. The molecule has 0 spiro atoms. The number of alkyl halides is 3. The molecule has 0 radical (unpaired) electrons. The zero-order valence-electron chi connectivity index (χ0n) is 12.1. The van der Waals surface area contributed by atoms with Crippen LogP contribution in [0, 0.1) is 0 Å². The Kier molecular flexibility index (Phi) is 3.84. The molecule has 0 aliphatic carbocycles. The lowest BCUT2D eigenvalue weighted by Crippen LogP contribution is -2.28. The van der Waals surface area contributed by atoms with Gasteiger partial charge in [0, 0.05) is 11.9 Å². The van der Waals surface area contributed by atoms with Gasteiger partial charge in [0.15, 0.2) is 5.65 Å². The van der Waals surface area contributed by atoms with Gasteiger partial charge in [0.25, 0.3) is 0 Å². The molecule has 1 N–H and O–H groups in total. The van der Waals surface area contributed by atoms with Gasteiger partial charge in [-0.1, -0.05) is 12.1 Å². The molecule has 3 aromatic rings. The lowest BCUT2D eigenvalue weighted by atomic mass is 10.2. The fourth-order valence-electron chi connectivity index (χ4n) is 2.18. The number of anilines is 1. The summed E-state index contributed by atoms with van der Waals surface area (Å²) < 4.78 is 40.2. The molecule has 0 saturated carbocycles. The minimum Gasteiger partial charge on any atom is -0.324 e. The van der Waals surface area contributed by atoms with Gasteiger partial charge in [0.1, 0.15) is 6.54 Å². The number of rotatable bonds is 3. The van der Waals surface area contributed by atoms with Gasteiger partial charge in [-0.3, -0.25) is 9.20 Å². The van der Waals surface area contributed by atoms with Gasteiger partial charge in [-0.15, -0.1) is 5.10 Å². The number of benzene rings is 1. The largest absolute Gasteiger partial charge is 0.416 e. The number of carbonyl (C=O) groups is 1. The summed E-state index contributed by atoms with van der Waals surface area (Å²) in [6.07, 6.45) is -2.99. The fraction of sp³-hybridized carbons (Fsp3) is 0.133. The molecular weight excluding hydrogens is 325 g/mol. The van der Waals surface area contributed by atoms with Crippen molar-refractivity contribution in [2.75, 3.05) is 5.32 Å². The van der Waals surface area contributed by atoms with Crippen molar-refractivity contribution >= 4 is 17.2 Å². The first-order chi connectivity index (χ1) is 11.3. The zero-order valence-corrected chi connectivity index (χ0v) is 12.1. The van der Waals surface area contributed by atoms with Crippen molar-refractivity contribution in [1.29, 1.82) is 0 Å². The minimum absolute atomic E-state index is 0.00774. The predicted octanol–water partition coefficient (Wildman–Crippen LogP) is 2.15. The second-order valence-corrected chi connectivity index (χ2v) is 5.00. The van der Waals surface area contributed by atoms with Crippen molar-refractivity contribution in [1.82, 2.24) is 14.2 Å². The van der Waals surface area contributed by atoms with Gasteiger partial charge in [-0.2, -0.15) is 13.2 Å². The Balaban J connectivity index is 1.78. The highest BCUT2D eigenvalue weighted by atomic mass is 19.4. The summed E-state index contributed by atoms with van der Waals surface area (Å²) in [5, 5.41) is 6.30. The van der Waals surface area contributed by atoms with Gasteiger partial charge < -0.3 is 5.32 Å². The number of nitrogens with zero attached hydrogens (tertiary/aromatic N) is 3. The van der Waals surface area contributed by atoms with Crippen LogP contribution in [0.1, 0.15) is 5.56 Å². The Morgan fingerprint density at radius 1 is 1.17 bits per heavy atom. The summed E-state index contributed by atoms with van der Waals surface area (Å²) in [6, 6.07) is 9.18. The monoisotopic (exact) mass is 336 g/mol. The standard InChI is InChI=1S/C15H11F3N4O2/c16-15(17,18)10-4-3-5-11(8-10)19-13(23)9-22-14(24)21-7-2-1-6-12(21)20-22/h1-8H,9H2,(H,19,23). The average molecular weight is 336 g/mol. The molecule has 2 aromatic heterocycles. The average Bonchev–Trinajstić information content (AvgIpc) is 2.83. The quantitative estimate of drug-likeness (QED) is 0.797. The Hall–Kier alpha value is -3.10. The first kappa shape index (κ1) is 15.8. The van der Waals surface area contributed by atoms with E-state index in [1.807, 2.05) is 0 Å². The highest BCUT2D eigenvalue weighted by Crippen LogP contribution is 2.30. The first-order valence-corrected chi connectivity index (χ1v) is 6.86. The summed E-state index contributed by atoms with van der Waals surface area (Å²) in [5.41, 5.74) is -1.02. The van der Waals surface area contributed by atoms with Crippen molar-refractivity contribution in [2.45, 2.75) is 12.7 Å². The number of aromatic nitrogens is 3. The number of hydrogen-bond acceptors (Lipinski definition) is 3. The third kappa shape index (κ3) is 3.14. The number of fused-ring (bicyclic) bond motifs is 1. The molecule has 3 rings (SSSR count). The highest BCUT2D eigenvalue weighted by molar-refractivity contribution is 5.90. The van der Waals surface area contributed by atoms with E-state index >= 15 is 0 Å². The summed E-state index contributed by atoms with van der Waals surface area (Å²) >= 11 is 0. The smallest absolute Gasteiger partial charge is 0.324 e. The lowest BCUT2D eigenvalue weighted by Gasteiger charge is -2.09. The Labute approximate surface area is 133 Å². The number of carbonyl (C=O) groups excluding carboxylic acids is 1. The van der Waals surface area contributed by atoms with Crippen LogP contribution in [0.5, 0.6) is 0 Å². The van der Waals surface area contributed by atoms with Crippen LogP contribution in [0.3, 0.4) is 0 Å². The van der Waals surface area contributed by atoms with Crippen LogP contribution in [0.15, 0.2) is 53.5 Å². The number of pyridine rings is 1. The van der Waals surface area contributed by atoms with E-state index < -0.39 is 29.9 Å². The molecule has 0 aliphatic rings. The summed E-state index contributed by atoms with van der Waals surface area (Å²) in [7, 11) is 0. The SMILES string of the molecule is O=C(Cn1nc2ccccn2c1=O)Nc1cccc(C(F)(F)F)c1. The van der Waals surface area contributed by atoms with Crippen molar-refractivity contribution in [3.63, 3.8) is 0 Å². The van der Waals surface area contributed by atoms with E-state index in [2.05, 4.69) is 10.4 Å². The molecule has 0 bridgehead atoms. The van der Waals surface area contributed by atoms with Crippen LogP contribution in [0.4, 0.5) is 18.9 Å². The van der Waals surface area contributed by atoms with Crippen molar-refractivity contribution < 1.29 is 18.0 Å². The zero-order chi connectivity index (χ0) is 17.3. The van der Waals surface area contributed by atoms with Gasteiger partial charge in [0.05, 0.1) is 5.56 Å². The predicted molar refractivity (Wildman–Crippen MR) is 79.5 cm³/mol. The maximum atomic E-state index is 12.7. The maximum absolute atomic E-state index is 12.7. The molecule has 124 valence electrons. The van der Waals surface area contributed by atoms with Gasteiger partial charge in [-0.25, -0.2) is 9.48 Å². The number of hydrogen-bond donors (Lipinski definition) is 1. The maximum Gasteiger partial charge on any atom is 0.416 e. The molecule has 1 aromatic carbocycles. The summed E-state index contributed by atoms with van der Waals surface area (Å²) in [6.45, 7) is -0.406. The number of halogens is 3. The third-order valence-corrected chi connectivity index (χ3v) is 3.26. The molecular formula is C15H11F3N4O2. The highest BCUT2D eigenvalue weighted by Gasteiger charge is 2.30. The summed E-state index contributed by atoms with van der Waals surface area (Å²) in [5.74, 6) is -0.653. The second-order valence-electron chi connectivity index (χ2n) is 5.00. The van der Waals surface area contributed by atoms with Crippen molar-refractivity contribution in [3.05, 3.63) is 64.7 Å². The van der Waals surface area contributed by atoms with Crippen LogP contribution >= 0.6 is 0 Å². The van der Waals surface area contributed by atoms with Crippen LogP contribution in [0.2, 0.25) is 0 Å². The molecule has 0 atom stereocenters. The minimum atomic E-state index is -4.50. The van der Waals surface area contributed by atoms with Gasteiger partial charge in [-0.05, 0) is 30.3 Å². The molecule has 24 heavy (non-hydrogen) atoms. The van der Waals surface area contributed by atoms with E-state index in [0.717, 1.165) is 16.8 Å². The van der Waals surface area contributed by atoms with Gasteiger partial charge in [0.2, 0.25) is 5.91 Å². The van der Waals surface area contributed by atoms with Crippen molar-refractivity contribution in [3.8, 4) is 0 Å². The number of amides is 1. The first-order valence-electron chi connectivity index (χ1n) is 6.86. The van der Waals surface area contributed by atoms with E-state index in [-0.39, 0.29) is 5.69 Å². The molecule has 0 saturated heterocycles. The molecule has 9 heteroatoms. The topological polar surface area (TPSA) is 68.4 Å². The molecule has 0 unspecified atom stereocenters. The Morgan fingerprint density at radius 2 is 1.96 bits per heavy atom. The van der Waals surface area contributed by atoms with Crippen LogP contribution in [-0.4, -0.2) is 20.1 Å². The Bertz CT molecular complexity index is 959. The van der Waals surface area contributed by atoms with E-state index in [9.17, 15) is 22.8 Å². The van der Waals surface area contributed by atoms with Crippen LogP contribution < -0.4 is 11.0 Å². The van der Waals surface area contributed by atoms with E-state index in [1.54, 1.807) is 18.2 Å².